The standard InChI is InChI=1S/C19H13F2N7S2/c20-17(21)18-24-22-14-8-9-16(26-28(14)18)30-19-25-23-15(11-13-7-4-10-29-13)27(19)12-5-2-1-3-6-12/h1-10,17H,11H2. The second kappa shape index (κ2) is 7.92. The molecule has 0 bridgehead atoms. The molecule has 0 unspecified atom stereocenters. The summed E-state index contributed by atoms with van der Waals surface area (Å²) in [6.07, 6.45) is -2.13. The molecule has 0 atom stereocenters. The number of rotatable bonds is 6. The zero-order valence-electron chi connectivity index (χ0n) is 15.3. The molecule has 1 aromatic carbocycles. The van der Waals surface area contributed by atoms with Gasteiger partial charge in [-0.1, -0.05) is 24.3 Å². The molecule has 11 heteroatoms. The maximum Gasteiger partial charge on any atom is 0.299 e. The van der Waals surface area contributed by atoms with Gasteiger partial charge >= 0.3 is 0 Å². The molecule has 5 aromatic rings. The first-order valence-electron chi connectivity index (χ1n) is 8.89. The quantitative estimate of drug-likeness (QED) is 0.388. The Kier molecular flexibility index (Phi) is 4.97. The van der Waals surface area contributed by atoms with Crippen molar-refractivity contribution in [1.29, 1.82) is 0 Å². The lowest BCUT2D eigenvalue weighted by Crippen LogP contribution is -2.04. The number of alkyl halides is 2. The average Bonchev–Trinajstić information content (AvgIpc) is 3.49. The van der Waals surface area contributed by atoms with Crippen LogP contribution in [0.15, 0.2) is 70.2 Å². The van der Waals surface area contributed by atoms with E-state index in [1.807, 2.05) is 46.3 Å². The van der Waals surface area contributed by atoms with E-state index in [-0.39, 0.29) is 5.65 Å². The molecule has 0 aliphatic rings. The van der Waals surface area contributed by atoms with Crippen LogP contribution in [0.3, 0.4) is 0 Å². The topological polar surface area (TPSA) is 73.8 Å². The van der Waals surface area contributed by atoms with Gasteiger partial charge in [-0.25, -0.2) is 8.78 Å². The van der Waals surface area contributed by atoms with E-state index in [9.17, 15) is 8.78 Å². The average molecular weight is 441 g/mol. The van der Waals surface area contributed by atoms with Crippen LogP contribution in [0.4, 0.5) is 8.78 Å². The largest absolute Gasteiger partial charge is 0.299 e. The summed E-state index contributed by atoms with van der Waals surface area (Å²) >= 11 is 2.89. The number of hydrogen-bond donors (Lipinski definition) is 0. The van der Waals surface area contributed by atoms with Crippen LogP contribution in [-0.4, -0.2) is 34.6 Å². The van der Waals surface area contributed by atoms with E-state index < -0.39 is 12.2 Å². The monoisotopic (exact) mass is 441 g/mol. The van der Waals surface area contributed by atoms with Gasteiger partial charge in [0, 0.05) is 17.0 Å². The summed E-state index contributed by atoms with van der Waals surface area (Å²) in [5.74, 6) is 0.292. The molecule has 0 saturated carbocycles. The molecule has 150 valence electrons. The van der Waals surface area contributed by atoms with Crippen molar-refractivity contribution in [3.05, 3.63) is 76.5 Å². The molecule has 7 nitrogen and oxygen atoms in total. The first-order valence-corrected chi connectivity index (χ1v) is 10.6. The van der Waals surface area contributed by atoms with Crippen LogP contribution in [0.25, 0.3) is 11.3 Å². The maximum atomic E-state index is 13.2. The summed E-state index contributed by atoms with van der Waals surface area (Å²) in [7, 11) is 0. The van der Waals surface area contributed by atoms with Gasteiger partial charge in [0.1, 0.15) is 10.9 Å². The van der Waals surface area contributed by atoms with Crippen LogP contribution >= 0.6 is 23.1 Å². The summed E-state index contributed by atoms with van der Waals surface area (Å²) < 4.78 is 29.3. The van der Waals surface area contributed by atoms with Gasteiger partial charge in [0.05, 0.1) is 0 Å². The van der Waals surface area contributed by atoms with Crippen molar-refractivity contribution in [2.24, 2.45) is 0 Å². The fourth-order valence-corrected chi connectivity index (χ4v) is 4.49. The molecular weight excluding hydrogens is 428 g/mol. The Morgan fingerprint density at radius 1 is 0.933 bits per heavy atom. The second-order valence-corrected chi connectivity index (χ2v) is 8.25. The number of thiophene rings is 1. The van der Waals surface area contributed by atoms with Gasteiger partial charge in [0.15, 0.2) is 5.65 Å². The van der Waals surface area contributed by atoms with Crippen LogP contribution in [0.5, 0.6) is 0 Å². The fraction of sp³-hybridized carbons (Fsp3) is 0.105. The van der Waals surface area contributed by atoms with Crippen LogP contribution in [0, 0.1) is 0 Å². The van der Waals surface area contributed by atoms with E-state index in [1.165, 1.54) is 16.6 Å². The highest BCUT2D eigenvalue weighted by Crippen LogP contribution is 2.29. The van der Waals surface area contributed by atoms with Gasteiger partial charge in [-0.05, 0) is 47.5 Å². The molecule has 0 aliphatic carbocycles. The summed E-state index contributed by atoms with van der Waals surface area (Å²) in [5, 5.41) is 23.3. The Balaban J connectivity index is 1.55. The molecule has 4 aromatic heterocycles. The van der Waals surface area contributed by atoms with E-state index in [0.29, 0.717) is 16.6 Å². The van der Waals surface area contributed by atoms with Crippen molar-refractivity contribution >= 4 is 28.7 Å². The molecular formula is C19H13F2N7S2. The molecule has 0 radical (unpaired) electrons. The van der Waals surface area contributed by atoms with Gasteiger partial charge in [0.25, 0.3) is 6.43 Å². The maximum absolute atomic E-state index is 13.2. The number of benzene rings is 1. The number of nitrogens with zero attached hydrogens (tertiary/aromatic N) is 7. The van der Waals surface area contributed by atoms with Crippen LogP contribution in [0.2, 0.25) is 0 Å². The van der Waals surface area contributed by atoms with E-state index >= 15 is 0 Å². The molecule has 5 rings (SSSR count). The summed E-state index contributed by atoms with van der Waals surface area (Å²) in [6, 6.07) is 17.1. The lowest BCUT2D eigenvalue weighted by Gasteiger charge is -2.09. The highest BCUT2D eigenvalue weighted by molar-refractivity contribution is 7.99. The van der Waals surface area contributed by atoms with Crippen LogP contribution in [0.1, 0.15) is 23.0 Å². The minimum Gasteiger partial charge on any atom is -0.273 e. The van der Waals surface area contributed by atoms with Gasteiger partial charge < -0.3 is 0 Å². The Morgan fingerprint density at radius 3 is 2.57 bits per heavy atom. The molecule has 0 amide bonds. The van der Waals surface area contributed by atoms with Crippen molar-refractivity contribution in [2.75, 3.05) is 0 Å². The zero-order valence-corrected chi connectivity index (χ0v) is 16.9. The normalized spacial score (nSPS) is 11.6. The fourth-order valence-electron chi connectivity index (χ4n) is 2.96. The first-order chi connectivity index (χ1) is 14.7. The van der Waals surface area contributed by atoms with E-state index in [2.05, 4.69) is 31.6 Å². The Labute approximate surface area is 177 Å². The van der Waals surface area contributed by atoms with Gasteiger partial charge in [-0.3, -0.25) is 4.57 Å². The second-order valence-electron chi connectivity index (χ2n) is 6.23. The number of hydrogen-bond acceptors (Lipinski definition) is 7. The van der Waals surface area contributed by atoms with E-state index in [4.69, 9.17) is 0 Å². The first kappa shape index (κ1) is 18.8. The molecule has 0 fully saturated rings. The van der Waals surface area contributed by atoms with Crippen LogP contribution < -0.4 is 0 Å². The summed E-state index contributed by atoms with van der Waals surface area (Å²) in [6.45, 7) is 0. The van der Waals surface area contributed by atoms with Gasteiger partial charge in [-0.2, -0.15) is 9.61 Å². The Morgan fingerprint density at radius 2 is 1.80 bits per heavy atom. The third kappa shape index (κ3) is 3.57. The van der Waals surface area contributed by atoms with Crippen molar-refractivity contribution in [2.45, 2.75) is 23.0 Å². The van der Waals surface area contributed by atoms with E-state index in [1.54, 1.807) is 23.5 Å². The van der Waals surface area contributed by atoms with Gasteiger partial charge in [-0.15, -0.1) is 31.7 Å². The number of aromatic nitrogens is 7. The Bertz CT molecular complexity index is 1280. The SMILES string of the molecule is FC(F)c1nnc2ccc(Sc3nnc(Cc4cccs4)n3-c3ccccc3)nn12. The van der Waals surface area contributed by atoms with Crippen molar-refractivity contribution < 1.29 is 8.78 Å². The number of fused-ring (bicyclic) bond motifs is 1. The molecule has 0 saturated heterocycles. The van der Waals surface area contributed by atoms with Crippen molar-refractivity contribution in [1.82, 2.24) is 34.6 Å². The minimum atomic E-state index is -2.77. The lowest BCUT2D eigenvalue weighted by atomic mass is 10.3. The third-order valence-electron chi connectivity index (χ3n) is 4.28. The Hall–Kier alpha value is -3.18. The molecule has 0 N–H and O–H groups in total. The van der Waals surface area contributed by atoms with Crippen LogP contribution in [-0.2, 0) is 6.42 Å². The predicted octanol–water partition coefficient (Wildman–Crippen LogP) is 4.45. The summed E-state index contributed by atoms with van der Waals surface area (Å²) in [5.41, 5.74) is 1.17. The van der Waals surface area contributed by atoms with E-state index in [0.717, 1.165) is 16.0 Å². The van der Waals surface area contributed by atoms with Gasteiger partial charge in [0.2, 0.25) is 11.0 Å². The third-order valence-corrected chi connectivity index (χ3v) is 6.03. The predicted molar refractivity (Wildman–Crippen MR) is 108 cm³/mol. The molecule has 30 heavy (non-hydrogen) atoms. The highest BCUT2D eigenvalue weighted by atomic mass is 32.2. The smallest absolute Gasteiger partial charge is 0.273 e. The minimum absolute atomic E-state index is 0.262. The highest BCUT2D eigenvalue weighted by Gasteiger charge is 2.19. The zero-order chi connectivity index (χ0) is 20.5. The van der Waals surface area contributed by atoms with Crippen molar-refractivity contribution in [3.63, 3.8) is 0 Å². The molecule has 0 spiro atoms. The number of halogens is 2. The molecule has 0 aliphatic heterocycles. The lowest BCUT2D eigenvalue weighted by molar-refractivity contribution is 0.137. The number of para-hydroxylation sites is 1. The summed E-state index contributed by atoms with van der Waals surface area (Å²) in [4.78, 5) is 1.17. The van der Waals surface area contributed by atoms with Crippen molar-refractivity contribution in [3.8, 4) is 5.69 Å². The molecule has 4 heterocycles.